The summed E-state index contributed by atoms with van der Waals surface area (Å²) in [5.41, 5.74) is 4.85. The molecule has 0 spiro atoms. The molecule has 0 aliphatic rings. The number of benzene rings is 3. The number of imidazole rings is 1. The molecule has 0 unspecified atom stereocenters. The molecule has 0 radical (unpaired) electrons. The van der Waals surface area contributed by atoms with Gasteiger partial charge >= 0.3 is 0 Å². The summed E-state index contributed by atoms with van der Waals surface area (Å²) in [6, 6.07) is 21.6. The van der Waals surface area contributed by atoms with Crippen LogP contribution in [0.4, 0.5) is 0 Å². The van der Waals surface area contributed by atoms with E-state index in [0.29, 0.717) is 5.02 Å². The van der Waals surface area contributed by atoms with Crippen LogP contribution in [0.3, 0.4) is 0 Å². The number of halogens is 2. The van der Waals surface area contributed by atoms with Gasteiger partial charge in [0.05, 0.1) is 11.0 Å². The Morgan fingerprint density at radius 1 is 0.739 bits per heavy atom. The minimum absolute atomic E-state index is 0.676. The van der Waals surface area contributed by atoms with Crippen molar-refractivity contribution in [3.63, 3.8) is 0 Å². The maximum absolute atomic E-state index is 6.37. The second-order valence-corrected chi connectivity index (χ2v) is 6.12. The molecular weight excluding hydrogens is 327 g/mol. The van der Waals surface area contributed by atoms with E-state index in [2.05, 4.69) is 16.0 Å². The van der Waals surface area contributed by atoms with Crippen molar-refractivity contribution >= 4 is 34.2 Å². The monoisotopic (exact) mass is 338 g/mol. The van der Waals surface area contributed by atoms with Crippen LogP contribution in [0.5, 0.6) is 0 Å². The normalized spacial score (nSPS) is 11.0. The van der Waals surface area contributed by atoms with Gasteiger partial charge in [0.1, 0.15) is 5.82 Å². The quantitative estimate of drug-likeness (QED) is 0.462. The zero-order valence-electron chi connectivity index (χ0n) is 12.1. The maximum atomic E-state index is 6.37. The lowest BCUT2D eigenvalue weighted by molar-refractivity contribution is 1.34. The summed E-state index contributed by atoms with van der Waals surface area (Å²) < 4.78 is 0. The van der Waals surface area contributed by atoms with Crippen molar-refractivity contribution in [1.29, 1.82) is 0 Å². The number of nitrogens with one attached hydrogen (secondary N) is 1. The first-order chi connectivity index (χ1) is 11.2. The van der Waals surface area contributed by atoms with E-state index < -0.39 is 0 Å². The predicted molar refractivity (Wildman–Crippen MR) is 97.0 cm³/mol. The van der Waals surface area contributed by atoms with Gasteiger partial charge in [0.2, 0.25) is 0 Å². The van der Waals surface area contributed by atoms with Gasteiger partial charge in [-0.2, -0.15) is 0 Å². The zero-order valence-corrected chi connectivity index (χ0v) is 13.6. The number of H-pyrrole nitrogens is 1. The molecule has 0 saturated heterocycles. The van der Waals surface area contributed by atoms with Crippen LogP contribution in [0.25, 0.3) is 33.5 Å². The highest BCUT2D eigenvalue weighted by atomic mass is 35.5. The lowest BCUT2D eigenvalue weighted by Gasteiger charge is -2.09. The molecular formula is C19H12Cl2N2. The van der Waals surface area contributed by atoms with Gasteiger partial charge in [-0.1, -0.05) is 65.7 Å². The van der Waals surface area contributed by atoms with Crippen LogP contribution < -0.4 is 0 Å². The number of fused-ring (bicyclic) bond motifs is 1. The number of hydrogen-bond donors (Lipinski definition) is 1. The molecule has 1 aromatic heterocycles. The standard InChI is InChI=1S/C19H12Cl2N2/c20-12-9-10-17-18(11-12)23-19(22-17)15-7-2-1-5-13(15)14-6-3-4-8-16(14)21/h1-11H,(H,22,23). The van der Waals surface area contributed by atoms with E-state index in [9.17, 15) is 0 Å². The van der Waals surface area contributed by atoms with E-state index in [1.54, 1.807) is 0 Å². The van der Waals surface area contributed by atoms with E-state index in [-0.39, 0.29) is 0 Å². The summed E-state index contributed by atoms with van der Waals surface area (Å²) in [6.45, 7) is 0. The Hall–Kier alpha value is -2.29. The molecule has 23 heavy (non-hydrogen) atoms. The predicted octanol–water partition coefficient (Wildman–Crippen LogP) is 6.20. The fraction of sp³-hybridized carbons (Fsp3) is 0. The van der Waals surface area contributed by atoms with E-state index in [1.807, 2.05) is 60.7 Å². The van der Waals surface area contributed by atoms with Gasteiger partial charge < -0.3 is 4.98 Å². The van der Waals surface area contributed by atoms with Gasteiger partial charge in [-0.05, 0) is 29.8 Å². The van der Waals surface area contributed by atoms with Gasteiger partial charge in [-0.25, -0.2) is 4.98 Å². The van der Waals surface area contributed by atoms with Gasteiger partial charge in [0.15, 0.2) is 0 Å². The van der Waals surface area contributed by atoms with Crippen molar-refractivity contribution in [3.8, 4) is 22.5 Å². The van der Waals surface area contributed by atoms with Gasteiger partial charge in [0.25, 0.3) is 0 Å². The first-order valence-corrected chi connectivity index (χ1v) is 7.97. The van der Waals surface area contributed by atoms with Crippen LogP contribution in [0.1, 0.15) is 0 Å². The lowest BCUT2D eigenvalue weighted by atomic mass is 9.99. The average molecular weight is 339 g/mol. The summed E-state index contributed by atoms with van der Waals surface area (Å²) >= 11 is 12.4. The minimum Gasteiger partial charge on any atom is -0.338 e. The van der Waals surface area contributed by atoms with E-state index in [1.165, 1.54) is 0 Å². The van der Waals surface area contributed by atoms with Crippen molar-refractivity contribution in [3.05, 3.63) is 76.8 Å². The molecule has 1 N–H and O–H groups in total. The van der Waals surface area contributed by atoms with Crippen LogP contribution in [0.15, 0.2) is 66.7 Å². The van der Waals surface area contributed by atoms with Crippen molar-refractivity contribution < 1.29 is 0 Å². The maximum Gasteiger partial charge on any atom is 0.139 e. The second kappa shape index (κ2) is 5.73. The number of nitrogens with zero attached hydrogens (tertiary/aromatic N) is 1. The average Bonchev–Trinajstić information content (AvgIpc) is 2.98. The molecule has 1 heterocycles. The van der Waals surface area contributed by atoms with E-state index in [0.717, 1.165) is 38.6 Å². The molecule has 4 rings (SSSR count). The van der Waals surface area contributed by atoms with Gasteiger partial charge in [-0.3, -0.25) is 0 Å². The molecule has 0 aliphatic carbocycles. The molecule has 0 saturated carbocycles. The fourth-order valence-corrected chi connectivity index (χ4v) is 3.11. The molecule has 112 valence electrons. The Morgan fingerprint density at radius 2 is 1.43 bits per heavy atom. The smallest absolute Gasteiger partial charge is 0.139 e. The summed E-state index contributed by atoms with van der Waals surface area (Å²) in [6.07, 6.45) is 0. The molecule has 4 aromatic rings. The Labute approximate surface area is 143 Å². The fourth-order valence-electron chi connectivity index (χ4n) is 2.71. The first-order valence-electron chi connectivity index (χ1n) is 7.22. The van der Waals surface area contributed by atoms with Gasteiger partial charge in [-0.15, -0.1) is 0 Å². The number of hydrogen-bond acceptors (Lipinski definition) is 1. The Bertz CT molecular complexity index is 1010. The molecule has 3 aromatic carbocycles. The molecule has 0 aliphatic heterocycles. The highest BCUT2D eigenvalue weighted by molar-refractivity contribution is 6.33. The Kier molecular flexibility index (Phi) is 3.56. The van der Waals surface area contributed by atoms with Crippen molar-refractivity contribution in [2.24, 2.45) is 0 Å². The lowest BCUT2D eigenvalue weighted by Crippen LogP contribution is -1.87. The summed E-state index contributed by atoms with van der Waals surface area (Å²) in [4.78, 5) is 8.03. The Morgan fingerprint density at radius 3 is 2.22 bits per heavy atom. The van der Waals surface area contributed by atoms with Gasteiger partial charge in [0, 0.05) is 21.2 Å². The third kappa shape index (κ3) is 2.61. The summed E-state index contributed by atoms with van der Waals surface area (Å²) in [7, 11) is 0. The molecule has 0 atom stereocenters. The van der Waals surface area contributed by atoms with Crippen LogP contribution >= 0.6 is 23.2 Å². The first kappa shape index (κ1) is 14.3. The summed E-state index contributed by atoms with van der Waals surface area (Å²) in [5, 5.41) is 1.40. The van der Waals surface area contributed by atoms with Crippen LogP contribution in [-0.4, -0.2) is 9.97 Å². The van der Waals surface area contributed by atoms with Crippen LogP contribution in [-0.2, 0) is 0 Å². The van der Waals surface area contributed by atoms with Crippen molar-refractivity contribution in [2.45, 2.75) is 0 Å². The third-order valence-electron chi connectivity index (χ3n) is 3.79. The molecule has 4 heteroatoms. The zero-order chi connectivity index (χ0) is 15.8. The number of aromatic nitrogens is 2. The number of rotatable bonds is 2. The van der Waals surface area contributed by atoms with E-state index >= 15 is 0 Å². The highest BCUT2D eigenvalue weighted by Gasteiger charge is 2.13. The highest BCUT2D eigenvalue weighted by Crippen LogP contribution is 2.35. The van der Waals surface area contributed by atoms with Crippen molar-refractivity contribution in [2.75, 3.05) is 0 Å². The molecule has 0 bridgehead atoms. The molecule has 2 nitrogen and oxygen atoms in total. The summed E-state index contributed by atoms with van der Waals surface area (Å²) in [5.74, 6) is 0.804. The third-order valence-corrected chi connectivity index (χ3v) is 4.36. The van der Waals surface area contributed by atoms with Crippen molar-refractivity contribution in [1.82, 2.24) is 9.97 Å². The van der Waals surface area contributed by atoms with E-state index in [4.69, 9.17) is 23.2 Å². The minimum atomic E-state index is 0.676. The molecule has 0 fully saturated rings. The Balaban J connectivity index is 1.93. The topological polar surface area (TPSA) is 28.7 Å². The molecule has 0 amide bonds. The second-order valence-electron chi connectivity index (χ2n) is 5.27. The van der Waals surface area contributed by atoms with Crippen LogP contribution in [0.2, 0.25) is 10.0 Å². The van der Waals surface area contributed by atoms with Crippen LogP contribution in [0, 0.1) is 0 Å². The SMILES string of the molecule is Clc1ccc2[nH]c(-c3ccccc3-c3ccccc3Cl)nc2c1. The number of aromatic amines is 1. The largest absolute Gasteiger partial charge is 0.338 e.